The zero-order valence-corrected chi connectivity index (χ0v) is 15.3. The van der Waals surface area contributed by atoms with Gasteiger partial charge in [-0.15, -0.1) is 5.10 Å². The summed E-state index contributed by atoms with van der Waals surface area (Å²) in [6.45, 7) is 0.0490. The second kappa shape index (κ2) is 7.51. The van der Waals surface area contributed by atoms with Crippen molar-refractivity contribution in [3.05, 3.63) is 82.0 Å². The molecule has 0 aliphatic rings. The van der Waals surface area contributed by atoms with Gasteiger partial charge in [-0.2, -0.15) is 0 Å². The summed E-state index contributed by atoms with van der Waals surface area (Å²) in [6.07, 6.45) is 1.59. The first kappa shape index (κ1) is 18.9. The van der Waals surface area contributed by atoms with Gasteiger partial charge in [-0.05, 0) is 36.4 Å². The number of rotatable bonds is 5. The number of aromatic nitrogens is 3. The highest BCUT2D eigenvalue weighted by Crippen LogP contribution is 2.24. The molecular formula is C20H14N4O6. The predicted octanol–water partition coefficient (Wildman–Crippen LogP) is 1.71. The van der Waals surface area contributed by atoms with Crippen LogP contribution in [0, 0.1) is 0 Å². The molecule has 4 rings (SSSR count). The average Bonchev–Trinajstić information content (AvgIpc) is 3.20. The highest BCUT2D eigenvalue weighted by molar-refractivity contribution is 6.00. The Morgan fingerprint density at radius 3 is 2.60 bits per heavy atom. The van der Waals surface area contributed by atoms with Gasteiger partial charge in [0.2, 0.25) is 0 Å². The van der Waals surface area contributed by atoms with Crippen molar-refractivity contribution in [2.45, 2.75) is 6.54 Å². The van der Waals surface area contributed by atoms with Crippen LogP contribution in [0.25, 0.3) is 16.7 Å². The van der Waals surface area contributed by atoms with Gasteiger partial charge in [0, 0.05) is 17.5 Å². The number of aromatic hydroxyl groups is 1. The molecule has 2 heterocycles. The maximum absolute atomic E-state index is 12.5. The summed E-state index contributed by atoms with van der Waals surface area (Å²) in [4.78, 5) is 34.6. The number of aromatic carboxylic acids is 1. The number of benzene rings is 2. The number of phenolic OH excluding ortho intramolecular Hbond substituents is 1. The molecule has 10 nitrogen and oxygen atoms in total. The molecule has 10 heteroatoms. The van der Waals surface area contributed by atoms with Gasteiger partial charge >= 0.3 is 11.6 Å². The number of carbonyl (C=O) groups excluding carboxylic acids is 1. The van der Waals surface area contributed by atoms with E-state index in [2.05, 4.69) is 15.6 Å². The first-order valence-electron chi connectivity index (χ1n) is 8.71. The molecule has 2 aromatic heterocycles. The van der Waals surface area contributed by atoms with E-state index in [9.17, 15) is 19.5 Å². The Balaban J connectivity index is 1.47. The smallest absolute Gasteiger partial charge is 0.336 e. The van der Waals surface area contributed by atoms with Crippen LogP contribution in [0.3, 0.4) is 0 Å². The molecular weight excluding hydrogens is 392 g/mol. The molecule has 0 bridgehead atoms. The molecule has 2 aromatic carbocycles. The number of nitrogens with zero attached hydrogens (tertiary/aromatic N) is 3. The minimum atomic E-state index is -1.03. The lowest BCUT2D eigenvalue weighted by Crippen LogP contribution is -2.23. The Kier molecular flexibility index (Phi) is 4.72. The van der Waals surface area contributed by atoms with Crippen LogP contribution >= 0.6 is 0 Å². The number of phenols is 1. The highest BCUT2D eigenvalue weighted by Gasteiger charge is 2.14. The van der Waals surface area contributed by atoms with Crippen LogP contribution in [0.5, 0.6) is 5.75 Å². The first-order chi connectivity index (χ1) is 14.4. The lowest BCUT2D eigenvalue weighted by Gasteiger charge is -2.06. The topological polar surface area (TPSA) is 148 Å². The molecule has 1 amide bonds. The maximum atomic E-state index is 12.5. The molecule has 0 aliphatic heterocycles. The van der Waals surface area contributed by atoms with Crippen molar-refractivity contribution in [1.29, 1.82) is 0 Å². The third kappa shape index (κ3) is 3.74. The Morgan fingerprint density at radius 1 is 1.10 bits per heavy atom. The van der Waals surface area contributed by atoms with E-state index in [4.69, 9.17) is 9.52 Å². The molecule has 0 atom stereocenters. The zero-order chi connectivity index (χ0) is 21.3. The standard InChI is InChI=1S/C20H14N4O6/c25-16-8-17-12(3-6-18(26)30-17)7-15(16)19(27)21-9-13-10-24(23-22-13)14-4-1-11(2-5-14)20(28)29/h1-8,10,25H,9H2,(H,21,27)(H,28,29). The van der Waals surface area contributed by atoms with Crippen LogP contribution in [0.15, 0.2) is 63.9 Å². The number of fused-ring (bicyclic) bond motifs is 1. The Bertz CT molecular complexity index is 1320. The lowest BCUT2D eigenvalue weighted by atomic mass is 10.1. The Hall–Kier alpha value is -4.47. The van der Waals surface area contributed by atoms with Gasteiger partial charge in [0.1, 0.15) is 17.0 Å². The summed E-state index contributed by atoms with van der Waals surface area (Å²) in [6, 6.07) is 11.4. The number of hydrogen-bond donors (Lipinski definition) is 3. The van der Waals surface area contributed by atoms with E-state index in [0.29, 0.717) is 16.8 Å². The average molecular weight is 406 g/mol. The minimum Gasteiger partial charge on any atom is -0.507 e. The van der Waals surface area contributed by atoms with Crippen molar-refractivity contribution in [1.82, 2.24) is 20.3 Å². The molecule has 150 valence electrons. The highest BCUT2D eigenvalue weighted by atomic mass is 16.4. The molecule has 0 saturated carbocycles. The molecule has 30 heavy (non-hydrogen) atoms. The number of carboxylic acids is 1. The van der Waals surface area contributed by atoms with Crippen molar-refractivity contribution >= 4 is 22.8 Å². The summed E-state index contributed by atoms with van der Waals surface area (Å²) in [5, 5.41) is 30.1. The zero-order valence-electron chi connectivity index (χ0n) is 15.3. The fourth-order valence-electron chi connectivity index (χ4n) is 2.81. The number of carbonyl (C=O) groups is 2. The number of hydrogen-bond acceptors (Lipinski definition) is 7. The second-order valence-electron chi connectivity index (χ2n) is 6.35. The van der Waals surface area contributed by atoms with Crippen molar-refractivity contribution < 1.29 is 24.2 Å². The normalized spacial score (nSPS) is 10.8. The van der Waals surface area contributed by atoms with E-state index < -0.39 is 17.5 Å². The van der Waals surface area contributed by atoms with Gasteiger partial charge in [0.15, 0.2) is 0 Å². The fourth-order valence-corrected chi connectivity index (χ4v) is 2.81. The SMILES string of the molecule is O=C(O)c1ccc(-n2cc(CNC(=O)c3cc4ccc(=O)oc4cc3O)nn2)cc1. The van der Waals surface area contributed by atoms with Crippen LogP contribution in [-0.4, -0.2) is 37.1 Å². The minimum absolute atomic E-state index is 0.0213. The Morgan fingerprint density at radius 2 is 1.87 bits per heavy atom. The summed E-state index contributed by atoms with van der Waals surface area (Å²) in [5.41, 5.74) is 0.859. The molecule has 0 aliphatic carbocycles. The van der Waals surface area contributed by atoms with Gasteiger partial charge in [-0.3, -0.25) is 4.79 Å². The van der Waals surface area contributed by atoms with Crippen LogP contribution < -0.4 is 10.9 Å². The van der Waals surface area contributed by atoms with Crippen molar-refractivity contribution in [2.24, 2.45) is 0 Å². The van der Waals surface area contributed by atoms with Gasteiger partial charge in [-0.1, -0.05) is 5.21 Å². The third-order valence-electron chi connectivity index (χ3n) is 4.33. The quantitative estimate of drug-likeness (QED) is 0.424. The van der Waals surface area contributed by atoms with Gasteiger partial charge in [0.05, 0.1) is 29.6 Å². The van der Waals surface area contributed by atoms with Crippen molar-refractivity contribution in [2.75, 3.05) is 0 Å². The number of amides is 1. The van der Waals surface area contributed by atoms with Gasteiger partial charge in [0.25, 0.3) is 5.91 Å². The summed E-state index contributed by atoms with van der Waals surface area (Å²) in [7, 11) is 0. The van der Waals surface area contributed by atoms with Crippen LogP contribution in [-0.2, 0) is 6.54 Å². The summed E-state index contributed by atoms with van der Waals surface area (Å²) < 4.78 is 6.42. The second-order valence-corrected chi connectivity index (χ2v) is 6.35. The molecule has 0 fully saturated rings. The largest absolute Gasteiger partial charge is 0.507 e. The van der Waals surface area contributed by atoms with E-state index in [1.165, 1.54) is 41.1 Å². The maximum Gasteiger partial charge on any atom is 0.336 e. The van der Waals surface area contributed by atoms with Crippen LogP contribution in [0.2, 0.25) is 0 Å². The first-order valence-corrected chi connectivity index (χ1v) is 8.71. The Labute approximate surface area is 168 Å². The van der Waals surface area contributed by atoms with Crippen molar-refractivity contribution in [3.63, 3.8) is 0 Å². The van der Waals surface area contributed by atoms with Gasteiger partial charge in [-0.25, -0.2) is 14.3 Å². The number of carboxylic acid groups (broad SMARTS) is 1. The molecule has 0 radical (unpaired) electrons. The van der Waals surface area contributed by atoms with E-state index in [1.54, 1.807) is 18.3 Å². The molecule has 0 unspecified atom stereocenters. The monoisotopic (exact) mass is 406 g/mol. The van der Waals surface area contributed by atoms with E-state index in [1.807, 2.05) is 0 Å². The van der Waals surface area contributed by atoms with Crippen LogP contribution in [0.1, 0.15) is 26.4 Å². The molecule has 3 N–H and O–H groups in total. The third-order valence-corrected chi connectivity index (χ3v) is 4.33. The summed E-state index contributed by atoms with van der Waals surface area (Å²) >= 11 is 0. The van der Waals surface area contributed by atoms with E-state index >= 15 is 0 Å². The fraction of sp³-hybridized carbons (Fsp3) is 0.0500. The number of nitrogens with one attached hydrogen (secondary N) is 1. The van der Waals surface area contributed by atoms with Crippen LogP contribution in [0.4, 0.5) is 0 Å². The molecule has 0 saturated heterocycles. The van der Waals surface area contributed by atoms with Crippen molar-refractivity contribution in [3.8, 4) is 11.4 Å². The lowest BCUT2D eigenvalue weighted by molar-refractivity contribution is 0.0696. The molecule has 4 aromatic rings. The van der Waals surface area contributed by atoms with Gasteiger partial charge < -0.3 is 19.9 Å². The van der Waals surface area contributed by atoms with E-state index in [-0.39, 0.29) is 29.0 Å². The van der Waals surface area contributed by atoms with E-state index in [0.717, 1.165) is 0 Å². The summed E-state index contributed by atoms with van der Waals surface area (Å²) in [5.74, 6) is -1.89. The molecule has 0 spiro atoms. The predicted molar refractivity (Wildman–Crippen MR) is 104 cm³/mol.